The van der Waals surface area contributed by atoms with Gasteiger partial charge >= 0.3 is 0 Å². The molecule has 0 saturated carbocycles. The molecule has 20 heavy (non-hydrogen) atoms. The number of carbonyl (C=O) groups excluding carboxylic acids is 1. The van der Waals surface area contributed by atoms with Crippen molar-refractivity contribution < 1.29 is 4.79 Å². The Hall–Kier alpha value is -1.77. The summed E-state index contributed by atoms with van der Waals surface area (Å²) in [5, 5.41) is 1.10. The third-order valence-corrected chi connectivity index (χ3v) is 4.68. The molecule has 0 spiro atoms. The van der Waals surface area contributed by atoms with Crippen LogP contribution in [0.5, 0.6) is 0 Å². The number of nitrogens with one attached hydrogen (secondary N) is 1. The minimum absolute atomic E-state index is 0.156. The van der Waals surface area contributed by atoms with E-state index in [4.69, 9.17) is 0 Å². The lowest BCUT2D eigenvalue weighted by molar-refractivity contribution is 0.0457. The van der Waals surface area contributed by atoms with E-state index in [1.807, 2.05) is 30.5 Å². The van der Waals surface area contributed by atoms with E-state index in [1.165, 1.54) is 6.42 Å². The highest BCUT2D eigenvalue weighted by atomic mass is 16.2. The summed E-state index contributed by atoms with van der Waals surface area (Å²) in [7, 11) is 0. The van der Waals surface area contributed by atoms with Crippen LogP contribution in [0, 0.1) is 11.8 Å². The van der Waals surface area contributed by atoms with Gasteiger partial charge in [0.25, 0.3) is 5.91 Å². The number of aromatic amines is 1. The Morgan fingerprint density at radius 2 is 2.05 bits per heavy atom. The third-order valence-electron chi connectivity index (χ3n) is 4.68. The molecule has 1 fully saturated rings. The first-order valence-corrected chi connectivity index (χ1v) is 7.45. The van der Waals surface area contributed by atoms with E-state index in [9.17, 15) is 4.79 Å². The second-order valence-corrected chi connectivity index (χ2v) is 6.26. The van der Waals surface area contributed by atoms with Crippen LogP contribution in [0.3, 0.4) is 0 Å². The Balaban J connectivity index is 1.97. The van der Waals surface area contributed by atoms with Crippen molar-refractivity contribution in [1.82, 2.24) is 9.88 Å². The first-order valence-electron chi connectivity index (χ1n) is 7.45. The van der Waals surface area contributed by atoms with E-state index in [0.717, 1.165) is 23.0 Å². The fourth-order valence-corrected chi connectivity index (χ4v) is 3.40. The van der Waals surface area contributed by atoms with Gasteiger partial charge in [0.1, 0.15) is 0 Å². The number of para-hydroxylation sites is 1. The topological polar surface area (TPSA) is 36.1 Å². The lowest BCUT2D eigenvalue weighted by atomic mass is 9.85. The zero-order chi connectivity index (χ0) is 14.3. The number of H-pyrrole nitrogens is 1. The normalized spacial score (nSPS) is 26.9. The molecule has 1 aliphatic heterocycles. The predicted molar refractivity (Wildman–Crippen MR) is 81.7 cm³/mol. The van der Waals surface area contributed by atoms with Gasteiger partial charge in [-0.2, -0.15) is 0 Å². The number of likely N-dealkylation sites (tertiary alicyclic amines) is 1. The Bertz CT molecular complexity index is 631. The molecule has 3 nitrogen and oxygen atoms in total. The summed E-state index contributed by atoms with van der Waals surface area (Å²) < 4.78 is 0. The maximum atomic E-state index is 12.9. The molecule has 1 aromatic carbocycles. The molecule has 2 heterocycles. The van der Waals surface area contributed by atoms with E-state index < -0.39 is 0 Å². The molecule has 0 radical (unpaired) electrons. The highest BCUT2D eigenvalue weighted by Crippen LogP contribution is 2.29. The van der Waals surface area contributed by atoms with Crippen molar-refractivity contribution in [3.63, 3.8) is 0 Å². The molecule has 1 N–H and O–H groups in total. The van der Waals surface area contributed by atoms with Gasteiger partial charge in [0.05, 0.1) is 11.1 Å². The predicted octanol–water partition coefficient (Wildman–Crippen LogP) is 3.67. The van der Waals surface area contributed by atoms with Crippen molar-refractivity contribution in [3.8, 4) is 0 Å². The molecule has 1 saturated heterocycles. The van der Waals surface area contributed by atoms with Gasteiger partial charge in [0.2, 0.25) is 0 Å². The molecular weight excluding hydrogens is 248 g/mol. The van der Waals surface area contributed by atoms with E-state index >= 15 is 0 Å². The molecule has 3 atom stereocenters. The van der Waals surface area contributed by atoms with Crippen LogP contribution in [-0.2, 0) is 0 Å². The third kappa shape index (κ3) is 2.11. The lowest BCUT2D eigenvalue weighted by Gasteiger charge is -2.41. The average Bonchev–Trinajstić information content (AvgIpc) is 2.90. The number of carbonyl (C=O) groups is 1. The molecule has 3 heteroatoms. The summed E-state index contributed by atoms with van der Waals surface area (Å²) in [5.41, 5.74) is 1.75. The Morgan fingerprint density at radius 1 is 1.25 bits per heavy atom. The van der Waals surface area contributed by atoms with E-state index in [-0.39, 0.29) is 5.91 Å². The molecule has 3 rings (SSSR count). The smallest absolute Gasteiger partial charge is 0.256 e. The van der Waals surface area contributed by atoms with Crippen LogP contribution in [0.25, 0.3) is 10.9 Å². The van der Waals surface area contributed by atoms with Crippen LogP contribution in [-0.4, -0.2) is 28.4 Å². The van der Waals surface area contributed by atoms with E-state index in [0.29, 0.717) is 17.9 Å². The summed E-state index contributed by atoms with van der Waals surface area (Å²) >= 11 is 0. The molecule has 3 unspecified atom stereocenters. The summed E-state index contributed by atoms with van der Waals surface area (Å²) in [6.07, 6.45) is 3.10. The van der Waals surface area contributed by atoms with Crippen LogP contribution >= 0.6 is 0 Å². The quantitative estimate of drug-likeness (QED) is 0.843. The van der Waals surface area contributed by atoms with Crippen LogP contribution in [0.4, 0.5) is 0 Å². The highest BCUT2D eigenvalue weighted by Gasteiger charge is 2.32. The number of amides is 1. The van der Waals surface area contributed by atoms with Gasteiger partial charge in [-0.25, -0.2) is 0 Å². The molecule has 1 aliphatic rings. The Morgan fingerprint density at radius 3 is 2.85 bits per heavy atom. The van der Waals surface area contributed by atoms with E-state index in [1.54, 1.807) is 0 Å². The largest absolute Gasteiger partial charge is 0.361 e. The minimum atomic E-state index is 0.156. The number of nitrogens with zero attached hydrogens (tertiary/aromatic N) is 1. The van der Waals surface area contributed by atoms with Gasteiger partial charge in [-0.1, -0.05) is 26.0 Å². The van der Waals surface area contributed by atoms with Gasteiger partial charge in [0, 0.05) is 24.2 Å². The number of hydrogen-bond donors (Lipinski definition) is 1. The standard InChI is InChI=1S/C17H22N2O/c1-11-9-12(2)13(3)19(10-11)17(20)15-6-4-5-14-7-8-18-16(14)15/h4-8,11-13,18H,9-10H2,1-3H3. The van der Waals surface area contributed by atoms with Crippen molar-refractivity contribution in [1.29, 1.82) is 0 Å². The van der Waals surface area contributed by atoms with Crippen molar-refractivity contribution in [2.45, 2.75) is 33.2 Å². The van der Waals surface area contributed by atoms with Gasteiger partial charge in [-0.3, -0.25) is 4.79 Å². The summed E-state index contributed by atoms with van der Waals surface area (Å²) in [5.74, 6) is 1.29. The average molecular weight is 270 g/mol. The van der Waals surface area contributed by atoms with Crippen molar-refractivity contribution >= 4 is 16.8 Å². The van der Waals surface area contributed by atoms with Crippen LogP contribution in [0.15, 0.2) is 30.5 Å². The van der Waals surface area contributed by atoms with Crippen molar-refractivity contribution in [2.24, 2.45) is 11.8 Å². The van der Waals surface area contributed by atoms with Gasteiger partial charge in [0.15, 0.2) is 0 Å². The van der Waals surface area contributed by atoms with Crippen LogP contribution < -0.4 is 0 Å². The SMILES string of the molecule is CC1CC(C)C(C)N(C(=O)c2cccc3cc[nH]c23)C1. The monoisotopic (exact) mass is 270 g/mol. The first kappa shape index (κ1) is 13.2. The van der Waals surface area contributed by atoms with E-state index in [2.05, 4.69) is 30.7 Å². The fourth-order valence-electron chi connectivity index (χ4n) is 3.40. The summed E-state index contributed by atoms with van der Waals surface area (Å²) in [6.45, 7) is 7.51. The van der Waals surface area contributed by atoms with Crippen molar-refractivity contribution in [3.05, 3.63) is 36.0 Å². The molecular formula is C17H22N2O. The molecule has 0 bridgehead atoms. The number of hydrogen-bond acceptors (Lipinski definition) is 1. The number of rotatable bonds is 1. The number of aromatic nitrogens is 1. The van der Waals surface area contributed by atoms with Crippen molar-refractivity contribution in [2.75, 3.05) is 6.54 Å². The fraction of sp³-hybridized carbons (Fsp3) is 0.471. The molecule has 1 amide bonds. The molecule has 106 valence electrons. The Labute approximate surface area is 120 Å². The zero-order valence-corrected chi connectivity index (χ0v) is 12.4. The molecule has 0 aliphatic carbocycles. The minimum Gasteiger partial charge on any atom is -0.361 e. The summed E-state index contributed by atoms with van der Waals surface area (Å²) in [6, 6.07) is 8.25. The second kappa shape index (κ2) is 4.97. The maximum Gasteiger partial charge on any atom is 0.256 e. The number of benzene rings is 1. The highest BCUT2D eigenvalue weighted by molar-refractivity contribution is 6.05. The Kier molecular flexibility index (Phi) is 3.28. The number of fused-ring (bicyclic) bond motifs is 1. The van der Waals surface area contributed by atoms with Crippen LogP contribution in [0.1, 0.15) is 37.6 Å². The maximum absolute atomic E-state index is 12.9. The lowest BCUT2D eigenvalue weighted by Crippen LogP contribution is -2.48. The first-order chi connectivity index (χ1) is 9.58. The second-order valence-electron chi connectivity index (χ2n) is 6.26. The van der Waals surface area contributed by atoms with Crippen LogP contribution in [0.2, 0.25) is 0 Å². The number of piperidine rings is 1. The molecule has 2 aromatic rings. The summed E-state index contributed by atoms with van der Waals surface area (Å²) in [4.78, 5) is 18.2. The van der Waals surface area contributed by atoms with Gasteiger partial charge in [-0.15, -0.1) is 0 Å². The molecule has 1 aromatic heterocycles. The zero-order valence-electron chi connectivity index (χ0n) is 12.4. The van der Waals surface area contributed by atoms with Gasteiger partial charge < -0.3 is 9.88 Å². The van der Waals surface area contributed by atoms with Gasteiger partial charge in [-0.05, 0) is 37.3 Å².